The van der Waals surface area contributed by atoms with Gasteiger partial charge in [-0.1, -0.05) is 66.7 Å². The van der Waals surface area contributed by atoms with E-state index in [0.29, 0.717) is 45.4 Å². The van der Waals surface area contributed by atoms with Crippen molar-refractivity contribution in [3.8, 4) is 39.8 Å². The molecule has 0 unspecified atom stereocenters. The lowest BCUT2D eigenvalue weighted by molar-refractivity contribution is -0.139. The Bertz CT molecular complexity index is 2330. The Kier molecular flexibility index (Phi) is 11.1. The van der Waals surface area contributed by atoms with Crippen molar-refractivity contribution < 1.29 is 35.8 Å². The van der Waals surface area contributed by atoms with Gasteiger partial charge in [0.1, 0.15) is 22.1 Å². The van der Waals surface area contributed by atoms with Gasteiger partial charge in [0, 0.05) is 37.7 Å². The van der Waals surface area contributed by atoms with Crippen molar-refractivity contribution in [2.24, 2.45) is 0 Å². The van der Waals surface area contributed by atoms with Gasteiger partial charge in [-0.3, -0.25) is 0 Å². The standard InChI is InChI=1S/C41H39F3N6O5S/c1-53-33-14-4-27(5-15-33)24-49(25-28-6-16-34(54-2)17-7-28)56(51,52)39-37(41(42,43)44)21-20-36(31-12-10-30(11-13-31)32-22-45-23-32)38(39)40-46-47-48-50(40)26-29-8-18-35(55-3)19-9-29/h4-21,32,45H,22-26H2,1-3H3. The highest BCUT2D eigenvalue weighted by Gasteiger charge is 2.43. The summed E-state index contributed by atoms with van der Waals surface area (Å²) in [5.41, 5.74) is 1.91. The molecule has 0 aliphatic carbocycles. The van der Waals surface area contributed by atoms with Gasteiger partial charge in [-0.05, 0) is 86.3 Å². The Labute approximate surface area is 322 Å². The van der Waals surface area contributed by atoms with Gasteiger partial charge in [0.05, 0.1) is 33.4 Å². The summed E-state index contributed by atoms with van der Waals surface area (Å²) in [7, 11) is -0.486. The summed E-state index contributed by atoms with van der Waals surface area (Å²) in [5.74, 6) is 1.83. The molecule has 5 aromatic carbocycles. The fourth-order valence-electron chi connectivity index (χ4n) is 6.61. The van der Waals surface area contributed by atoms with E-state index in [9.17, 15) is 0 Å². The lowest BCUT2D eigenvalue weighted by Gasteiger charge is -2.28. The minimum absolute atomic E-state index is 0.0243. The van der Waals surface area contributed by atoms with Gasteiger partial charge in [0.25, 0.3) is 0 Å². The first-order chi connectivity index (χ1) is 27.0. The van der Waals surface area contributed by atoms with Crippen molar-refractivity contribution in [1.82, 2.24) is 29.8 Å². The summed E-state index contributed by atoms with van der Waals surface area (Å²) in [5, 5.41) is 15.5. The van der Waals surface area contributed by atoms with E-state index in [1.54, 1.807) is 84.9 Å². The molecule has 1 aliphatic heterocycles. The minimum atomic E-state index is -5.09. The predicted molar refractivity (Wildman–Crippen MR) is 204 cm³/mol. The molecule has 7 rings (SSSR count). The third-order valence-corrected chi connectivity index (χ3v) is 11.7. The van der Waals surface area contributed by atoms with Crippen LogP contribution >= 0.6 is 0 Å². The first kappa shape index (κ1) is 38.5. The zero-order valence-corrected chi connectivity index (χ0v) is 31.6. The third-order valence-electron chi connectivity index (χ3n) is 9.82. The number of hydrogen-bond donors (Lipinski definition) is 1. The van der Waals surface area contributed by atoms with Gasteiger partial charge in [-0.15, -0.1) is 5.10 Å². The molecule has 6 aromatic rings. The molecule has 1 aromatic heterocycles. The normalized spacial score (nSPS) is 13.4. The van der Waals surface area contributed by atoms with E-state index >= 15 is 21.6 Å². The summed E-state index contributed by atoms with van der Waals surface area (Å²) in [6.45, 7) is 1.12. The molecule has 0 saturated carbocycles. The maximum absolute atomic E-state index is 15.4. The highest BCUT2D eigenvalue weighted by molar-refractivity contribution is 7.89. The van der Waals surface area contributed by atoms with Crippen LogP contribution in [0.5, 0.6) is 17.2 Å². The van der Waals surface area contributed by atoms with Gasteiger partial charge in [0.2, 0.25) is 10.0 Å². The van der Waals surface area contributed by atoms with Crippen molar-refractivity contribution in [2.75, 3.05) is 34.4 Å². The molecule has 0 bridgehead atoms. The monoisotopic (exact) mass is 784 g/mol. The van der Waals surface area contributed by atoms with E-state index in [0.717, 1.165) is 29.0 Å². The molecule has 1 N–H and O–H groups in total. The quantitative estimate of drug-likeness (QED) is 0.123. The second-order valence-corrected chi connectivity index (χ2v) is 15.2. The number of rotatable bonds is 14. The van der Waals surface area contributed by atoms with Crippen LogP contribution in [-0.2, 0) is 35.8 Å². The number of nitrogens with zero attached hydrogens (tertiary/aromatic N) is 5. The summed E-state index contributed by atoms with van der Waals surface area (Å²) in [6.07, 6.45) is -5.09. The molecular weight excluding hydrogens is 746 g/mol. The van der Waals surface area contributed by atoms with E-state index in [2.05, 4.69) is 20.8 Å². The zero-order valence-electron chi connectivity index (χ0n) is 30.8. The van der Waals surface area contributed by atoms with Gasteiger partial charge >= 0.3 is 6.18 Å². The molecule has 1 saturated heterocycles. The van der Waals surface area contributed by atoms with Crippen LogP contribution in [0.2, 0.25) is 0 Å². The molecule has 0 radical (unpaired) electrons. The molecule has 56 heavy (non-hydrogen) atoms. The lowest BCUT2D eigenvalue weighted by atomic mass is 9.90. The number of sulfonamides is 1. The van der Waals surface area contributed by atoms with Crippen LogP contribution < -0.4 is 19.5 Å². The number of halogens is 3. The minimum Gasteiger partial charge on any atom is -0.497 e. The average Bonchev–Trinajstić information content (AvgIpc) is 3.64. The highest BCUT2D eigenvalue weighted by atomic mass is 32.2. The van der Waals surface area contributed by atoms with Crippen LogP contribution in [0.15, 0.2) is 114 Å². The highest BCUT2D eigenvalue weighted by Crippen LogP contribution is 2.45. The first-order valence-electron chi connectivity index (χ1n) is 17.7. The Morgan fingerprint density at radius 1 is 0.732 bits per heavy atom. The van der Waals surface area contributed by atoms with Crippen LogP contribution in [0.1, 0.15) is 33.7 Å². The smallest absolute Gasteiger partial charge is 0.417 e. The van der Waals surface area contributed by atoms with Crippen molar-refractivity contribution in [2.45, 2.75) is 36.6 Å². The number of benzene rings is 5. The molecule has 1 fully saturated rings. The Morgan fingerprint density at radius 3 is 1.71 bits per heavy atom. The number of tetrazole rings is 1. The van der Waals surface area contributed by atoms with E-state index in [-0.39, 0.29) is 36.6 Å². The number of hydrogen-bond acceptors (Lipinski definition) is 9. The molecule has 15 heteroatoms. The number of alkyl halides is 3. The fraction of sp³-hybridized carbons (Fsp3) is 0.244. The SMILES string of the molecule is COc1ccc(CN(Cc2ccc(OC)cc2)S(=O)(=O)c2c(C(F)(F)F)ccc(-c3ccc(C4CNC4)cc3)c2-c2nnnn2Cc2ccc(OC)cc2)cc1. The Hall–Kier alpha value is -5.77. The van der Waals surface area contributed by atoms with Crippen LogP contribution in [0.4, 0.5) is 13.2 Å². The Morgan fingerprint density at radius 2 is 1.25 bits per heavy atom. The molecule has 1 aliphatic rings. The lowest BCUT2D eigenvalue weighted by Crippen LogP contribution is -2.39. The number of ether oxygens (including phenoxy) is 3. The van der Waals surface area contributed by atoms with Gasteiger partial charge < -0.3 is 19.5 Å². The van der Waals surface area contributed by atoms with E-state index in [4.69, 9.17) is 14.2 Å². The molecule has 2 heterocycles. The van der Waals surface area contributed by atoms with Crippen molar-refractivity contribution in [1.29, 1.82) is 0 Å². The van der Waals surface area contributed by atoms with Crippen LogP contribution in [-0.4, -0.2) is 67.3 Å². The molecule has 11 nitrogen and oxygen atoms in total. The van der Waals surface area contributed by atoms with Gasteiger partial charge in [-0.2, -0.15) is 17.5 Å². The predicted octanol–water partition coefficient (Wildman–Crippen LogP) is 7.18. The van der Waals surface area contributed by atoms with Crippen molar-refractivity contribution >= 4 is 10.0 Å². The van der Waals surface area contributed by atoms with Crippen LogP contribution in [0, 0.1) is 0 Å². The second kappa shape index (κ2) is 16.1. The fourth-order valence-corrected chi connectivity index (χ4v) is 8.43. The van der Waals surface area contributed by atoms with Crippen molar-refractivity contribution in [3.63, 3.8) is 0 Å². The maximum Gasteiger partial charge on any atom is 0.417 e. The summed E-state index contributed by atoms with van der Waals surface area (Å²) in [4.78, 5) is -0.956. The largest absolute Gasteiger partial charge is 0.497 e. The topological polar surface area (TPSA) is 121 Å². The first-order valence-corrected chi connectivity index (χ1v) is 19.1. The number of nitrogens with one attached hydrogen (secondary N) is 1. The molecular formula is C41H39F3N6O5S. The van der Waals surface area contributed by atoms with E-state index < -0.39 is 26.7 Å². The molecule has 0 atom stereocenters. The van der Waals surface area contributed by atoms with Gasteiger partial charge in [0.15, 0.2) is 5.82 Å². The molecule has 0 spiro atoms. The van der Waals surface area contributed by atoms with E-state index in [1.807, 2.05) is 12.1 Å². The van der Waals surface area contributed by atoms with Crippen LogP contribution in [0.25, 0.3) is 22.5 Å². The average molecular weight is 785 g/mol. The van der Waals surface area contributed by atoms with Crippen LogP contribution in [0.3, 0.4) is 0 Å². The zero-order chi connectivity index (χ0) is 39.5. The second-order valence-electron chi connectivity index (χ2n) is 13.3. The maximum atomic E-state index is 15.4. The Balaban J connectivity index is 1.45. The molecule has 290 valence electrons. The molecule has 0 amide bonds. The summed E-state index contributed by atoms with van der Waals surface area (Å²) >= 11 is 0. The van der Waals surface area contributed by atoms with E-state index in [1.165, 1.54) is 32.1 Å². The van der Waals surface area contributed by atoms with Crippen molar-refractivity contribution in [3.05, 3.63) is 137 Å². The summed E-state index contributed by atoms with van der Waals surface area (Å²) in [6, 6.07) is 29.9. The third kappa shape index (κ3) is 8.10. The van der Waals surface area contributed by atoms with Gasteiger partial charge in [-0.25, -0.2) is 13.1 Å². The number of aromatic nitrogens is 4. The summed E-state index contributed by atoms with van der Waals surface area (Å²) < 4.78 is 95.0. The number of methoxy groups -OCH3 is 3.